The van der Waals surface area contributed by atoms with Crippen molar-refractivity contribution in [2.45, 2.75) is 51.2 Å². The van der Waals surface area contributed by atoms with Gasteiger partial charge in [-0.2, -0.15) is 0 Å². The molecule has 138 valence electrons. The highest BCUT2D eigenvalue weighted by molar-refractivity contribution is 5.80. The minimum absolute atomic E-state index is 0.157. The van der Waals surface area contributed by atoms with Crippen LogP contribution in [-0.4, -0.2) is 51.9 Å². The summed E-state index contributed by atoms with van der Waals surface area (Å²) in [4.78, 5) is 15.2. The topological polar surface area (TPSA) is 69.5 Å². The lowest BCUT2D eigenvalue weighted by molar-refractivity contribution is -0.133. The van der Waals surface area contributed by atoms with Crippen LogP contribution in [0.1, 0.15) is 30.1 Å². The number of nitrogens with zero attached hydrogens (tertiary/aromatic N) is 4. The number of amides is 1. The van der Waals surface area contributed by atoms with Gasteiger partial charge in [-0.3, -0.25) is 4.79 Å². The van der Waals surface area contributed by atoms with Gasteiger partial charge in [0.2, 0.25) is 5.91 Å². The molecule has 1 amide bonds. The lowest BCUT2D eigenvalue weighted by Crippen LogP contribution is -2.43. The van der Waals surface area contributed by atoms with Crippen molar-refractivity contribution >= 4 is 5.91 Å². The second-order valence-electron chi connectivity index (χ2n) is 7.06. The Morgan fingerprint density at radius 1 is 1.12 bits per heavy atom. The first-order chi connectivity index (χ1) is 12.6. The van der Waals surface area contributed by atoms with E-state index in [0.717, 1.165) is 43.0 Å². The smallest absolute Gasteiger partial charge is 0.227 e. The molecule has 4 rings (SSSR count). The number of ether oxygens (including phenoxy) is 2. The van der Waals surface area contributed by atoms with Gasteiger partial charge < -0.3 is 18.9 Å². The van der Waals surface area contributed by atoms with Gasteiger partial charge in [0, 0.05) is 25.1 Å². The number of aryl methyl sites for hydroxylation is 1. The molecule has 26 heavy (non-hydrogen) atoms. The predicted octanol–water partition coefficient (Wildman–Crippen LogP) is 1.76. The zero-order chi connectivity index (χ0) is 18.3. The van der Waals surface area contributed by atoms with Gasteiger partial charge in [0.15, 0.2) is 0 Å². The van der Waals surface area contributed by atoms with Crippen LogP contribution in [0.5, 0.6) is 11.5 Å². The van der Waals surface area contributed by atoms with Gasteiger partial charge in [-0.05, 0) is 37.5 Å². The third kappa shape index (κ3) is 2.91. The third-order valence-corrected chi connectivity index (χ3v) is 5.50. The van der Waals surface area contributed by atoms with E-state index in [-0.39, 0.29) is 18.0 Å². The van der Waals surface area contributed by atoms with Gasteiger partial charge in [-0.25, -0.2) is 0 Å². The summed E-state index contributed by atoms with van der Waals surface area (Å²) in [6.07, 6.45) is 3.20. The number of methoxy groups -OCH3 is 2. The van der Waals surface area contributed by atoms with E-state index in [1.807, 2.05) is 25.1 Å². The zero-order valence-corrected chi connectivity index (χ0v) is 15.4. The fourth-order valence-corrected chi connectivity index (χ4v) is 4.22. The Labute approximate surface area is 152 Å². The summed E-state index contributed by atoms with van der Waals surface area (Å²) < 4.78 is 12.8. The molecule has 0 spiro atoms. The van der Waals surface area contributed by atoms with Crippen molar-refractivity contribution in [2.75, 3.05) is 14.2 Å². The molecule has 2 aliphatic rings. The molecular formula is C19H24N4O3. The van der Waals surface area contributed by atoms with Crippen LogP contribution in [0.3, 0.4) is 0 Å². The Bertz CT molecular complexity index is 810. The Kier molecular flexibility index (Phi) is 4.30. The summed E-state index contributed by atoms with van der Waals surface area (Å²) in [5.74, 6) is 3.48. The molecule has 1 aromatic heterocycles. The first-order valence-electron chi connectivity index (χ1n) is 9.01. The summed E-state index contributed by atoms with van der Waals surface area (Å²) in [7, 11) is 3.24. The van der Waals surface area contributed by atoms with Gasteiger partial charge in [-0.15, -0.1) is 10.2 Å². The summed E-state index contributed by atoms with van der Waals surface area (Å²) in [5.41, 5.74) is 0.908. The molecule has 1 saturated heterocycles. The zero-order valence-electron chi connectivity index (χ0n) is 15.4. The molecule has 0 saturated carbocycles. The molecule has 2 bridgehead atoms. The average molecular weight is 356 g/mol. The average Bonchev–Trinajstić information content (AvgIpc) is 3.13. The second kappa shape index (κ2) is 6.63. The van der Waals surface area contributed by atoms with Crippen LogP contribution in [0.4, 0.5) is 0 Å². The fraction of sp³-hybridized carbons (Fsp3) is 0.526. The summed E-state index contributed by atoms with van der Waals surface area (Å²) >= 11 is 0. The standard InChI is InChI=1S/C19H24N4O3/c1-12-20-21-18-9-14-4-5-15(11-22(12)18)23(14)19(24)8-13-6-16(25-2)10-17(7-13)26-3/h6-7,10,14-15H,4-5,8-9,11H2,1-3H3/t14-,15+/m0/s1. The minimum Gasteiger partial charge on any atom is -0.497 e. The quantitative estimate of drug-likeness (QED) is 0.835. The second-order valence-corrected chi connectivity index (χ2v) is 7.06. The molecule has 2 aliphatic heterocycles. The van der Waals surface area contributed by atoms with E-state index >= 15 is 0 Å². The summed E-state index contributed by atoms with van der Waals surface area (Å²) in [6.45, 7) is 2.77. The van der Waals surface area contributed by atoms with E-state index in [1.165, 1.54) is 0 Å². The van der Waals surface area contributed by atoms with Crippen LogP contribution >= 0.6 is 0 Å². The SMILES string of the molecule is COc1cc(CC(=O)N2[C@@H]3CC[C@H]2Cc2nnc(C)n2C3)cc(OC)c1. The van der Waals surface area contributed by atoms with E-state index in [1.54, 1.807) is 14.2 Å². The van der Waals surface area contributed by atoms with Crippen LogP contribution in [-0.2, 0) is 24.2 Å². The summed E-state index contributed by atoms with van der Waals surface area (Å²) in [5, 5.41) is 8.49. The molecule has 0 unspecified atom stereocenters. The molecule has 1 aromatic carbocycles. The highest BCUT2D eigenvalue weighted by Crippen LogP contribution is 2.32. The monoisotopic (exact) mass is 356 g/mol. The summed E-state index contributed by atoms with van der Waals surface area (Å²) in [6, 6.07) is 6.05. The van der Waals surface area contributed by atoms with Crippen LogP contribution in [0.25, 0.3) is 0 Å². The van der Waals surface area contributed by atoms with Crippen molar-refractivity contribution in [3.63, 3.8) is 0 Å². The van der Waals surface area contributed by atoms with Gasteiger partial charge in [0.25, 0.3) is 0 Å². The lowest BCUT2D eigenvalue weighted by atomic mass is 10.1. The van der Waals surface area contributed by atoms with Crippen molar-refractivity contribution in [3.05, 3.63) is 35.4 Å². The number of fused-ring (bicyclic) bond motifs is 3. The van der Waals surface area contributed by atoms with E-state index in [9.17, 15) is 4.79 Å². The molecule has 2 aromatic rings. The minimum atomic E-state index is 0.157. The molecule has 2 atom stereocenters. The molecule has 3 heterocycles. The van der Waals surface area contributed by atoms with Crippen molar-refractivity contribution in [2.24, 2.45) is 0 Å². The van der Waals surface area contributed by atoms with Crippen LogP contribution in [0, 0.1) is 6.92 Å². The van der Waals surface area contributed by atoms with Crippen LogP contribution < -0.4 is 9.47 Å². The van der Waals surface area contributed by atoms with E-state index in [0.29, 0.717) is 17.9 Å². The Balaban J connectivity index is 1.56. The first-order valence-corrected chi connectivity index (χ1v) is 9.01. The van der Waals surface area contributed by atoms with Gasteiger partial charge in [0.1, 0.15) is 23.1 Å². The third-order valence-electron chi connectivity index (χ3n) is 5.50. The van der Waals surface area contributed by atoms with Gasteiger partial charge in [0.05, 0.1) is 26.7 Å². The maximum atomic E-state index is 13.1. The van der Waals surface area contributed by atoms with Gasteiger partial charge >= 0.3 is 0 Å². The maximum Gasteiger partial charge on any atom is 0.227 e. The maximum absolute atomic E-state index is 13.1. The number of aromatic nitrogens is 3. The molecule has 7 heteroatoms. The van der Waals surface area contributed by atoms with Crippen LogP contribution in [0.15, 0.2) is 18.2 Å². The molecule has 0 N–H and O–H groups in total. The van der Waals surface area contributed by atoms with E-state index < -0.39 is 0 Å². The Morgan fingerprint density at radius 3 is 2.50 bits per heavy atom. The Hall–Kier alpha value is -2.57. The number of hydrogen-bond acceptors (Lipinski definition) is 5. The largest absolute Gasteiger partial charge is 0.497 e. The normalized spacial score (nSPS) is 21.3. The fourth-order valence-electron chi connectivity index (χ4n) is 4.22. The number of rotatable bonds is 4. The van der Waals surface area contributed by atoms with E-state index in [4.69, 9.17) is 9.47 Å². The number of benzene rings is 1. The molecule has 1 fully saturated rings. The predicted molar refractivity (Wildman–Crippen MR) is 95.4 cm³/mol. The van der Waals surface area contributed by atoms with Crippen molar-refractivity contribution in [1.82, 2.24) is 19.7 Å². The van der Waals surface area contributed by atoms with Crippen molar-refractivity contribution < 1.29 is 14.3 Å². The first kappa shape index (κ1) is 16.9. The number of carbonyl (C=O) groups excluding carboxylic acids is 1. The molecule has 7 nitrogen and oxygen atoms in total. The number of hydrogen-bond donors (Lipinski definition) is 0. The number of carbonyl (C=O) groups is 1. The van der Waals surface area contributed by atoms with Crippen molar-refractivity contribution in [1.29, 1.82) is 0 Å². The Morgan fingerprint density at radius 2 is 1.81 bits per heavy atom. The highest BCUT2D eigenvalue weighted by Gasteiger charge is 2.40. The van der Waals surface area contributed by atoms with Crippen molar-refractivity contribution in [3.8, 4) is 11.5 Å². The molecule has 0 aliphatic carbocycles. The van der Waals surface area contributed by atoms with E-state index in [2.05, 4.69) is 19.7 Å². The van der Waals surface area contributed by atoms with Crippen LogP contribution in [0.2, 0.25) is 0 Å². The highest BCUT2D eigenvalue weighted by atomic mass is 16.5. The molecule has 0 radical (unpaired) electrons. The molecular weight excluding hydrogens is 332 g/mol. The van der Waals surface area contributed by atoms with Gasteiger partial charge in [-0.1, -0.05) is 0 Å². The lowest BCUT2D eigenvalue weighted by Gasteiger charge is -2.28.